The number of benzene rings is 3. The lowest BCUT2D eigenvalue weighted by atomic mass is 9.95. The topological polar surface area (TPSA) is 97.6 Å². The first-order valence-corrected chi connectivity index (χ1v) is 10.3. The fourth-order valence-electron chi connectivity index (χ4n) is 4.54. The number of carbonyl (C=O) groups is 1. The van der Waals surface area contributed by atoms with E-state index in [1.807, 2.05) is 48.5 Å². The van der Waals surface area contributed by atoms with E-state index in [2.05, 4.69) is 30.3 Å². The van der Waals surface area contributed by atoms with E-state index >= 15 is 0 Å². The zero-order valence-electron chi connectivity index (χ0n) is 17.0. The first-order chi connectivity index (χ1) is 16.1. The Labute approximate surface area is 185 Å². The number of fused-ring (bicyclic) bond motifs is 5. The van der Waals surface area contributed by atoms with Crippen LogP contribution in [0.2, 0.25) is 0 Å². The number of aromatic nitrogens is 1. The third-order valence-electron chi connectivity index (χ3n) is 6.02. The van der Waals surface area contributed by atoms with Gasteiger partial charge in [-0.05, 0) is 36.4 Å². The van der Waals surface area contributed by atoms with Crippen molar-refractivity contribution in [3.05, 3.63) is 95.0 Å². The van der Waals surface area contributed by atoms with Crippen LogP contribution in [0.5, 0.6) is 0 Å². The average molecular weight is 435 g/mol. The van der Waals surface area contributed by atoms with Crippen molar-refractivity contribution in [1.82, 2.24) is 4.98 Å². The molecule has 8 nitrogen and oxygen atoms in total. The van der Waals surface area contributed by atoms with E-state index in [0.717, 1.165) is 16.3 Å². The van der Waals surface area contributed by atoms with E-state index in [1.54, 1.807) is 17.0 Å². The summed E-state index contributed by atoms with van der Waals surface area (Å²) >= 11 is 0. The van der Waals surface area contributed by atoms with Crippen LogP contribution in [0.15, 0.2) is 92.8 Å². The molecule has 1 atom stereocenters. The van der Waals surface area contributed by atoms with Crippen molar-refractivity contribution in [3.63, 3.8) is 0 Å². The Morgan fingerprint density at radius 2 is 1.73 bits per heavy atom. The molecule has 1 amide bonds. The maximum absolute atomic E-state index is 13.6. The summed E-state index contributed by atoms with van der Waals surface area (Å²) in [5.74, 6) is -0.172. The van der Waals surface area contributed by atoms with Crippen LogP contribution < -0.4 is 21.1 Å². The molecule has 4 aromatic rings. The average Bonchev–Trinajstić information content (AvgIpc) is 3.45. The van der Waals surface area contributed by atoms with Crippen LogP contribution in [-0.4, -0.2) is 22.8 Å². The Morgan fingerprint density at radius 1 is 0.939 bits per heavy atom. The molecule has 0 radical (unpaired) electrons. The molecule has 2 N–H and O–H groups in total. The number of halogens is 1. The molecule has 3 aliphatic rings. The van der Waals surface area contributed by atoms with Crippen molar-refractivity contribution >= 4 is 40.1 Å². The maximum Gasteiger partial charge on any atom is 0.278 e. The van der Waals surface area contributed by atoms with Gasteiger partial charge in [0.05, 0.1) is 0 Å². The highest BCUT2D eigenvalue weighted by atomic mass is 19.1. The molecule has 158 valence electrons. The van der Waals surface area contributed by atoms with Gasteiger partial charge < -0.3 is 10.3 Å². The number of anilines is 2. The minimum absolute atomic E-state index is 0.231. The zero-order valence-corrected chi connectivity index (χ0v) is 17.0. The van der Waals surface area contributed by atoms with Crippen molar-refractivity contribution < 1.29 is 9.18 Å². The van der Waals surface area contributed by atoms with Gasteiger partial charge in [-0.2, -0.15) is 9.98 Å². The molecule has 1 spiro atoms. The summed E-state index contributed by atoms with van der Waals surface area (Å²) < 4.78 is 13.6. The number of carbonyl (C=O) groups excluding carboxylic acids is 1. The predicted octanol–water partition coefficient (Wildman–Crippen LogP) is 2.60. The number of amides is 1. The van der Waals surface area contributed by atoms with Crippen LogP contribution in [0.3, 0.4) is 0 Å². The molecule has 3 aliphatic heterocycles. The molecular formula is C24H14FN7O. The monoisotopic (exact) mass is 435 g/mol. The van der Waals surface area contributed by atoms with Gasteiger partial charge in [0, 0.05) is 27.8 Å². The molecule has 0 saturated carbocycles. The molecule has 33 heavy (non-hydrogen) atoms. The van der Waals surface area contributed by atoms with Crippen molar-refractivity contribution in [2.45, 2.75) is 5.66 Å². The van der Waals surface area contributed by atoms with Crippen molar-refractivity contribution in [2.75, 3.05) is 10.2 Å². The first kappa shape index (κ1) is 18.0. The largest absolute Gasteiger partial charge is 0.338 e. The summed E-state index contributed by atoms with van der Waals surface area (Å²) in [6, 6.07) is 21.0. The van der Waals surface area contributed by atoms with E-state index < -0.39 is 5.66 Å². The molecule has 0 saturated heterocycles. The summed E-state index contributed by atoms with van der Waals surface area (Å²) in [4.78, 5) is 36.3. The molecule has 0 aliphatic carbocycles. The van der Waals surface area contributed by atoms with Gasteiger partial charge in [0.25, 0.3) is 11.9 Å². The van der Waals surface area contributed by atoms with Crippen LogP contribution in [0.4, 0.5) is 15.8 Å². The van der Waals surface area contributed by atoms with Crippen molar-refractivity contribution in [3.8, 4) is 0 Å². The van der Waals surface area contributed by atoms with Gasteiger partial charge in [-0.1, -0.05) is 36.4 Å². The second-order valence-electron chi connectivity index (χ2n) is 7.90. The fourth-order valence-corrected chi connectivity index (χ4v) is 4.54. The number of hydrogen-bond acceptors (Lipinski definition) is 4. The molecule has 3 aromatic carbocycles. The SMILES string of the molecule is O=C1Nc2ccccc2C12N=C(/N=C1\N=c3[nH]c4ccccc4c3=N1)N2c1ccc(F)cc1. The number of aliphatic imine (C=N–C) groups is 2. The standard InChI is InChI=1S/C24H14FN7O/c25-13-9-11-14(12-10-13)32-23(31-24(32)16-6-2-4-8-18(16)27-21(24)33)30-22-28-19-15-5-1-3-7-17(15)26-20(19)29-22/h1-12H,(H,27,33)(H,26,28,29,30,31). The third kappa shape index (κ3) is 2.35. The Hall–Kier alpha value is -4.66. The first-order valence-electron chi connectivity index (χ1n) is 10.3. The van der Waals surface area contributed by atoms with Crippen LogP contribution in [0, 0.1) is 5.82 Å². The predicted molar refractivity (Wildman–Crippen MR) is 121 cm³/mol. The third-order valence-corrected chi connectivity index (χ3v) is 6.02. The number of para-hydroxylation sites is 2. The summed E-state index contributed by atoms with van der Waals surface area (Å²) in [6.07, 6.45) is 0. The van der Waals surface area contributed by atoms with Gasteiger partial charge in [-0.25, -0.2) is 14.4 Å². The lowest BCUT2D eigenvalue weighted by Crippen LogP contribution is -2.60. The van der Waals surface area contributed by atoms with Gasteiger partial charge in [-0.3, -0.25) is 9.69 Å². The molecule has 0 fully saturated rings. The smallest absolute Gasteiger partial charge is 0.278 e. The lowest BCUT2D eigenvalue weighted by Gasteiger charge is -2.44. The highest BCUT2D eigenvalue weighted by Gasteiger charge is 2.59. The Bertz CT molecular complexity index is 1690. The van der Waals surface area contributed by atoms with E-state index in [9.17, 15) is 9.18 Å². The number of nitrogens with zero attached hydrogens (tertiary/aromatic N) is 5. The Balaban J connectivity index is 1.39. The van der Waals surface area contributed by atoms with Gasteiger partial charge in [-0.15, -0.1) is 0 Å². The number of rotatable bonds is 1. The van der Waals surface area contributed by atoms with Crippen molar-refractivity contribution in [2.24, 2.45) is 20.0 Å². The Morgan fingerprint density at radius 3 is 2.61 bits per heavy atom. The molecule has 4 heterocycles. The normalized spacial score (nSPS) is 21.4. The zero-order chi connectivity index (χ0) is 22.2. The van der Waals surface area contributed by atoms with Gasteiger partial charge >= 0.3 is 0 Å². The number of nitrogens with one attached hydrogen (secondary N) is 2. The minimum atomic E-state index is -1.31. The summed E-state index contributed by atoms with van der Waals surface area (Å²) in [5, 5.41) is 4.55. The highest BCUT2D eigenvalue weighted by Crippen LogP contribution is 2.49. The van der Waals surface area contributed by atoms with E-state index in [-0.39, 0.29) is 23.6 Å². The lowest BCUT2D eigenvalue weighted by molar-refractivity contribution is -0.120. The minimum Gasteiger partial charge on any atom is -0.338 e. The number of H-pyrrole nitrogens is 1. The molecular weight excluding hydrogens is 421 g/mol. The van der Waals surface area contributed by atoms with Crippen LogP contribution >= 0.6 is 0 Å². The number of aromatic amines is 1. The highest BCUT2D eigenvalue weighted by molar-refractivity contribution is 6.21. The second-order valence-corrected chi connectivity index (χ2v) is 7.90. The molecule has 1 unspecified atom stereocenters. The van der Waals surface area contributed by atoms with Gasteiger partial charge in [0.1, 0.15) is 11.2 Å². The van der Waals surface area contributed by atoms with E-state index in [4.69, 9.17) is 0 Å². The second kappa shape index (κ2) is 6.19. The summed E-state index contributed by atoms with van der Waals surface area (Å²) in [6.45, 7) is 0. The molecule has 7 rings (SSSR count). The summed E-state index contributed by atoms with van der Waals surface area (Å²) in [5.41, 5.74) is 2.23. The van der Waals surface area contributed by atoms with Crippen LogP contribution in [-0.2, 0) is 10.5 Å². The number of guanidine groups is 2. The van der Waals surface area contributed by atoms with Crippen LogP contribution in [0.1, 0.15) is 5.56 Å². The number of hydrogen-bond donors (Lipinski definition) is 2. The quantitative estimate of drug-likeness (QED) is 0.481. The maximum atomic E-state index is 13.6. The molecule has 0 bridgehead atoms. The fraction of sp³-hybridized carbons (Fsp3) is 0.0417. The Kier molecular flexibility index (Phi) is 3.37. The van der Waals surface area contributed by atoms with Crippen LogP contribution in [0.25, 0.3) is 10.9 Å². The molecule has 9 heteroatoms. The van der Waals surface area contributed by atoms with Gasteiger partial charge in [0.15, 0.2) is 5.49 Å². The van der Waals surface area contributed by atoms with E-state index in [0.29, 0.717) is 22.4 Å². The van der Waals surface area contributed by atoms with E-state index in [1.165, 1.54) is 12.1 Å². The van der Waals surface area contributed by atoms with Gasteiger partial charge in [0.2, 0.25) is 11.6 Å². The summed E-state index contributed by atoms with van der Waals surface area (Å²) in [7, 11) is 0. The van der Waals surface area contributed by atoms with Crippen molar-refractivity contribution in [1.29, 1.82) is 0 Å². The molecule has 1 aromatic heterocycles.